The van der Waals surface area contributed by atoms with Crippen molar-refractivity contribution in [3.63, 3.8) is 0 Å². The molecule has 2 aromatic carbocycles. The number of thiocarbonyl (C=S) groups is 1. The van der Waals surface area contributed by atoms with Gasteiger partial charge in [0, 0.05) is 21.3 Å². The molecule has 20 heavy (non-hydrogen) atoms. The number of hydrogen-bond acceptors (Lipinski definition) is 2. The molecule has 0 aliphatic carbocycles. The maximum absolute atomic E-state index is 12.1. The van der Waals surface area contributed by atoms with E-state index in [0.29, 0.717) is 21.8 Å². The summed E-state index contributed by atoms with van der Waals surface area (Å²) in [6, 6.07) is 12.1. The molecule has 0 aliphatic heterocycles. The van der Waals surface area contributed by atoms with Gasteiger partial charge in [-0.05, 0) is 46.3 Å². The number of hydrogen-bond donors (Lipinski definition) is 2. The van der Waals surface area contributed by atoms with Crippen molar-refractivity contribution >= 4 is 56.3 Å². The van der Waals surface area contributed by atoms with Crippen LogP contribution < -0.4 is 11.1 Å². The Bertz CT molecular complexity index is 691. The van der Waals surface area contributed by atoms with E-state index in [1.807, 2.05) is 0 Å². The van der Waals surface area contributed by atoms with E-state index in [-0.39, 0.29) is 10.9 Å². The van der Waals surface area contributed by atoms with Gasteiger partial charge in [0.15, 0.2) is 0 Å². The molecule has 0 aromatic heterocycles. The summed E-state index contributed by atoms with van der Waals surface area (Å²) >= 11 is 14.1. The molecule has 6 heteroatoms. The second-order valence-corrected chi connectivity index (χ2v) is 5.73. The highest BCUT2D eigenvalue weighted by Gasteiger charge is 2.09. The molecule has 3 nitrogen and oxygen atoms in total. The SMILES string of the molecule is NC(=S)c1cccc(NC(=O)c2ccc(Br)c(Cl)c2)c1. The van der Waals surface area contributed by atoms with Gasteiger partial charge in [0.25, 0.3) is 5.91 Å². The van der Waals surface area contributed by atoms with Crippen LogP contribution in [0.3, 0.4) is 0 Å². The topological polar surface area (TPSA) is 55.1 Å². The molecule has 3 N–H and O–H groups in total. The Hall–Kier alpha value is -1.43. The quantitative estimate of drug-likeness (QED) is 0.804. The van der Waals surface area contributed by atoms with Gasteiger partial charge in [0.1, 0.15) is 4.99 Å². The van der Waals surface area contributed by atoms with E-state index >= 15 is 0 Å². The van der Waals surface area contributed by atoms with Gasteiger partial charge < -0.3 is 11.1 Å². The highest BCUT2D eigenvalue weighted by molar-refractivity contribution is 9.10. The number of benzene rings is 2. The fourth-order valence-electron chi connectivity index (χ4n) is 1.59. The van der Waals surface area contributed by atoms with Gasteiger partial charge in [-0.25, -0.2) is 0 Å². The summed E-state index contributed by atoms with van der Waals surface area (Å²) in [6.07, 6.45) is 0. The lowest BCUT2D eigenvalue weighted by Crippen LogP contribution is -2.13. The molecule has 102 valence electrons. The first kappa shape index (κ1) is 15.0. The van der Waals surface area contributed by atoms with E-state index in [0.717, 1.165) is 4.47 Å². The van der Waals surface area contributed by atoms with Crippen LogP contribution in [0.4, 0.5) is 5.69 Å². The van der Waals surface area contributed by atoms with Crippen molar-refractivity contribution in [3.8, 4) is 0 Å². The highest BCUT2D eigenvalue weighted by atomic mass is 79.9. The van der Waals surface area contributed by atoms with E-state index in [2.05, 4.69) is 21.2 Å². The van der Waals surface area contributed by atoms with Crippen molar-refractivity contribution < 1.29 is 4.79 Å². The lowest BCUT2D eigenvalue weighted by atomic mass is 10.1. The number of rotatable bonds is 3. The van der Waals surface area contributed by atoms with E-state index in [1.54, 1.807) is 42.5 Å². The van der Waals surface area contributed by atoms with E-state index in [1.165, 1.54) is 0 Å². The Labute approximate surface area is 135 Å². The molecule has 0 aliphatic rings. The van der Waals surface area contributed by atoms with E-state index < -0.39 is 0 Å². The average Bonchev–Trinajstić information content (AvgIpc) is 2.42. The van der Waals surface area contributed by atoms with Crippen LogP contribution in [0.15, 0.2) is 46.9 Å². The number of carbonyl (C=O) groups excluding carboxylic acids is 1. The molecule has 0 radical (unpaired) electrons. The molecule has 0 unspecified atom stereocenters. The smallest absolute Gasteiger partial charge is 0.255 e. The summed E-state index contributed by atoms with van der Waals surface area (Å²) in [6.45, 7) is 0. The number of nitrogens with one attached hydrogen (secondary N) is 1. The molecule has 0 spiro atoms. The zero-order chi connectivity index (χ0) is 14.7. The van der Waals surface area contributed by atoms with Crippen molar-refractivity contribution in [2.24, 2.45) is 5.73 Å². The highest BCUT2D eigenvalue weighted by Crippen LogP contribution is 2.23. The maximum Gasteiger partial charge on any atom is 0.255 e. The second kappa shape index (κ2) is 6.35. The second-order valence-electron chi connectivity index (χ2n) is 4.03. The van der Waals surface area contributed by atoms with Gasteiger partial charge in [-0.3, -0.25) is 4.79 Å². The summed E-state index contributed by atoms with van der Waals surface area (Å²) in [7, 11) is 0. The van der Waals surface area contributed by atoms with E-state index in [4.69, 9.17) is 29.6 Å². The normalized spacial score (nSPS) is 10.1. The van der Waals surface area contributed by atoms with Crippen LogP contribution in [-0.2, 0) is 0 Å². The van der Waals surface area contributed by atoms with Crippen LogP contribution in [0.1, 0.15) is 15.9 Å². The van der Waals surface area contributed by atoms with Crippen molar-refractivity contribution in [1.82, 2.24) is 0 Å². The summed E-state index contributed by atoms with van der Waals surface area (Å²) in [4.78, 5) is 12.4. The minimum absolute atomic E-state index is 0.250. The van der Waals surface area contributed by atoms with Crippen LogP contribution in [-0.4, -0.2) is 10.9 Å². The van der Waals surface area contributed by atoms with E-state index in [9.17, 15) is 4.79 Å². The fourth-order valence-corrected chi connectivity index (χ4v) is 2.14. The first-order chi connectivity index (χ1) is 9.47. The molecule has 1 amide bonds. The third-order valence-corrected chi connectivity index (χ3v) is 4.05. The predicted octanol–water partition coefficient (Wildman–Crippen LogP) is 3.99. The van der Waals surface area contributed by atoms with Crippen LogP contribution >= 0.6 is 39.7 Å². The predicted molar refractivity (Wildman–Crippen MR) is 89.4 cm³/mol. The molecule has 2 rings (SSSR count). The van der Waals surface area contributed by atoms with Gasteiger partial charge >= 0.3 is 0 Å². The molecule has 0 heterocycles. The fraction of sp³-hybridized carbons (Fsp3) is 0. The third-order valence-electron chi connectivity index (χ3n) is 2.59. The zero-order valence-corrected chi connectivity index (χ0v) is 13.3. The summed E-state index contributed by atoms with van der Waals surface area (Å²) in [5.41, 5.74) is 7.35. The van der Waals surface area contributed by atoms with Gasteiger partial charge in [-0.2, -0.15) is 0 Å². The van der Waals surface area contributed by atoms with Crippen LogP contribution in [0.2, 0.25) is 5.02 Å². The van der Waals surface area contributed by atoms with Crippen molar-refractivity contribution in [3.05, 3.63) is 63.1 Å². The summed E-state index contributed by atoms with van der Waals surface area (Å²) in [5, 5.41) is 3.25. The molecule has 0 bridgehead atoms. The molecule has 0 fully saturated rings. The number of amides is 1. The minimum atomic E-state index is -0.250. The summed E-state index contributed by atoms with van der Waals surface area (Å²) < 4.78 is 0.742. The number of halogens is 2. The molecule has 0 saturated carbocycles. The summed E-state index contributed by atoms with van der Waals surface area (Å²) in [5.74, 6) is -0.250. The zero-order valence-electron chi connectivity index (χ0n) is 10.2. The monoisotopic (exact) mass is 368 g/mol. The molecular weight excluding hydrogens is 360 g/mol. The van der Waals surface area contributed by atoms with Gasteiger partial charge in [0.05, 0.1) is 5.02 Å². The minimum Gasteiger partial charge on any atom is -0.389 e. The largest absolute Gasteiger partial charge is 0.389 e. The van der Waals surface area contributed by atoms with Crippen molar-refractivity contribution in [1.29, 1.82) is 0 Å². The van der Waals surface area contributed by atoms with Gasteiger partial charge in [-0.15, -0.1) is 0 Å². The maximum atomic E-state index is 12.1. The Morgan fingerprint density at radius 3 is 2.60 bits per heavy atom. The average molecular weight is 370 g/mol. The van der Waals surface area contributed by atoms with Gasteiger partial charge in [0.2, 0.25) is 0 Å². The van der Waals surface area contributed by atoms with Crippen molar-refractivity contribution in [2.75, 3.05) is 5.32 Å². The lowest BCUT2D eigenvalue weighted by molar-refractivity contribution is 0.102. The van der Waals surface area contributed by atoms with Crippen molar-refractivity contribution in [2.45, 2.75) is 0 Å². The standard InChI is InChI=1S/C14H10BrClN2OS/c15-11-5-4-9(7-12(11)16)14(19)18-10-3-1-2-8(6-10)13(17)20/h1-7H,(H2,17,20)(H,18,19). The Morgan fingerprint density at radius 2 is 1.95 bits per heavy atom. The molecule has 2 aromatic rings. The van der Waals surface area contributed by atoms with Crippen LogP contribution in [0, 0.1) is 0 Å². The number of anilines is 1. The number of carbonyl (C=O) groups is 1. The van der Waals surface area contributed by atoms with Crippen LogP contribution in [0.5, 0.6) is 0 Å². The van der Waals surface area contributed by atoms with Gasteiger partial charge in [-0.1, -0.05) is 36.0 Å². The molecule has 0 atom stereocenters. The third kappa shape index (κ3) is 3.56. The Morgan fingerprint density at radius 1 is 1.20 bits per heavy atom. The van der Waals surface area contributed by atoms with Crippen LogP contribution in [0.25, 0.3) is 0 Å². The Kier molecular flexibility index (Phi) is 4.75. The first-order valence-electron chi connectivity index (χ1n) is 5.63. The molecule has 0 saturated heterocycles. The molecular formula is C14H10BrClN2OS. The number of nitrogens with two attached hydrogens (primary N) is 1. The Balaban J connectivity index is 2.21. The lowest BCUT2D eigenvalue weighted by Gasteiger charge is -2.07. The first-order valence-corrected chi connectivity index (χ1v) is 7.21.